The van der Waals surface area contributed by atoms with E-state index in [1.165, 1.54) is 25.3 Å². The van der Waals surface area contributed by atoms with Gasteiger partial charge in [0.1, 0.15) is 5.75 Å². The summed E-state index contributed by atoms with van der Waals surface area (Å²) >= 11 is 0. The third-order valence-corrected chi connectivity index (χ3v) is 2.08. The molecule has 0 fully saturated rings. The molecule has 2 aromatic rings. The Labute approximate surface area is 114 Å². The standard InChI is InChI=1S/C12H15N3O3/c1-3-6-18-8-4-5-9-10(7-8)14-11(13-9)15-12(16)17-2/h4-5,7H,3,6H2,1-2H3,(H2,13,14,15,16)/i1D3,3D2,6D2. The second-order valence-corrected chi connectivity index (χ2v) is 3.21. The summed E-state index contributed by atoms with van der Waals surface area (Å²) in [5.41, 5.74) is 0.771. The summed E-state index contributed by atoms with van der Waals surface area (Å²) in [6.45, 7) is -6.33. The number of fused-ring (bicyclic) bond motifs is 1. The van der Waals surface area contributed by atoms with Gasteiger partial charge >= 0.3 is 6.09 Å². The van der Waals surface area contributed by atoms with Gasteiger partial charge in [0.25, 0.3) is 0 Å². The van der Waals surface area contributed by atoms with Gasteiger partial charge in [-0.2, -0.15) is 0 Å². The van der Waals surface area contributed by atoms with Crippen molar-refractivity contribution in [3.63, 3.8) is 0 Å². The lowest BCUT2D eigenvalue weighted by Gasteiger charge is -2.02. The van der Waals surface area contributed by atoms with Gasteiger partial charge in [-0.15, -0.1) is 0 Å². The number of rotatable bonds is 4. The Morgan fingerprint density at radius 3 is 3.33 bits per heavy atom. The van der Waals surface area contributed by atoms with E-state index in [9.17, 15) is 4.79 Å². The first-order valence-electron chi connectivity index (χ1n) is 8.41. The van der Waals surface area contributed by atoms with Crippen molar-refractivity contribution in [2.75, 3.05) is 19.0 Å². The number of carbonyl (C=O) groups is 1. The first kappa shape index (κ1) is 6.08. The Hall–Kier alpha value is -2.24. The number of nitrogens with one attached hydrogen (secondary N) is 2. The molecular weight excluding hydrogens is 234 g/mol. The van der Waals surface area contributed by atoms with Crippen LogP contribution in [0.3, 0.4) is 0 Å². The summed E-state index contributed by atoms with van der Waals surface area (Å²) in [4.78, 5) is 17.9. The van der Waals surface area contributed by atoms with Crippen LogP contribution in [0.15, 0.2) is 18.2 Å². The molecular formula is C12H15N3O3. The Balaban J connectivity index is 2.28. The lowest BCUT2D eigenvalue weighted by molar-refractivity contribution is 0.186. The van der Waals surface area contributed by atoms with E-state index in [1.807, 2.05) is 0 Å². The molecule has 0 bridgehead atoms. The molecule has 96 valence electrons. The minimum absolute atomic E-state index is 0.0832. The minimum Gasteiger partial charge on any atom is -0.494 e. The molecule has 6 heteroatoms. The van der Waals surface area contributed by atoms with E-state index in [4.69, 9.17) is 14.3 Å². The molecule has 1 aromatic carbocycles. The molecule has 0 atom stereocenters. The Bertz CT molecular complexity index is 788. The van der Waals surface area contributed by atoms with E-state index in [-0.39, 0.29) is 11.7 Å². The normalized spacial score (nSPS) is 18.4. The fourth-order valence-electron chi connectivity index (χ4n) is 1.34. The molecule has 6 nitrogen and oxygen atoms in total. The van der Waals surface area contributed by atoms with Crippen molar-refractivity contribution in [3.8, 4) is 5.75 Å². The quantitative estimate of drug-likeness (QED) is 0.881. The monoisotopic (exact) mass is 256 g/mol. The summed E-state index contributed by atoms with van der Waals surface area (Å²) in [7, 11) is 1.19. The van der Waals surface area contributed by atoms with E-state index in [2.05, 4.69) is 20.0 Å². The highest BCUT2D eigenvalue weighted by molar-refractivity contribution is 5.86. The topological polar surface area (TPSA) is 76.2 Å². The molecule has 0 saturated heterocycles. The molecule has 1 amide bonds. The largest absolute Gasteiger partial charge is 0.494 e. The SMILES string of the molecule is [2H]C([2H])([2H])C([2H])([2H])C([2H])([2H])Oc1ccc2nc(NC(=O)OC)[nH]c2c1. The number of carbonyl (C=O) groups excluding carboxylic acids is 1. The summed E-state index contributed by atoms with van der Waals surface area (Å²) < 4.78 is 61.2. The Kier molecular flexibility index (Phi) is 1.82. The minimum atomic E-state index is -3.24. The number of amides is 1. The molecule has 1 heterocycles. The van der Waals surface area contributed by atoms with Crippen LogP contribution < -0.4 is 10.1 Å². The number of benzene rings is 1. The summed E-state index contributed by atoms with van der Waals surface area (Å²) in [6.07, 6.45) is -3.97. The van der Waals surface area contributed by atoms with Gasteiger partial charge in [0.15, 0.2) is 0 Å². The van der Waals surface area contributed by atoms with Crippen molar-refractivity contribution < 1.29 is 23.9 Å². The fourth-order valence-corrected chi connectivity index (χ4v) is 1.34. The number of H-pyrrole nitrogens is 1. The third kappa shape index (κ3) is 2.71. The highest BCUT2D eigenvalue weighted by Gasteiger charge is 2.07. The number of ether oxygens (including phenoxy) is 2. The van der Waals surface area contributed by atoms with Crippen LogP contribution in [0.5, 0.6) is 5.75 Å². The third-order valence-electron chi connectivity index (χ3n) is 2.08. The average Bonchev–Trinajstić information content (AvgIpc) is 2.86. The second-order valence-electron chi connectivity index (χ2n) is 3.21. The van der Waals surface area contributed by atoms with Gasteiger partial charge in [-0.25, -0.2) is 9.78 Å². The molecule has 1 aromatic heterocycles. The molecule has 0 spiro atoms. The number of imidazole rings is 1. The lowest BCUT2D eigenvalue weighted by atomic mass is 10.3. The van der Waals surface area contributed by atoms with Crippen LogP contribution in [-0.4, -0.2) is 29.7 Å². The van der Waals surface area contributed by atoms with Crippen LogP contribution >= 0.6 is 0 Å². The number of methoxy groups -OCH3 is 1. The van der Waals surface area contributed by atoms with E-state index < -0.39 is 25.9 Å². The van der Waals surface area contributed by atoms with Crippen LogP contribution in [0, 0.1) is 0 Å². The number of aromatic amines is 1. The van der Waals surface area contributed by atoms with E-state index in [0.717, 1.165) is 0 Å². The first-order chi connectivity index (χ1) is 11.4. The zero-order chi connectivity index (χ0) is 19.0. The van der Waals surface area contributed by atoms with Gasteiger partial charge in [-0.05, 0) is 18.5 Å². The summed E-state index contributed by atoms with van der Waals surface area (Å²) in [6, 6.07) is 4.04. The van der Waals surface area contributed by atoms with Crippen LogP contribution in [0.4, 0.5) is 10.7 Å². The number of hydrogen-bond donors (Lipinski definition) is 2. The lowest BCUT2D eigenvalue weighted by Crippen LogP contribution is -2.11. The summed E-state index contributed by atoms with van der Waals surface area (Å²) in [5.74, 6) is -0.0290. The van der Waals surface area contributed by atoms with Crippen molar-refractivity contribution in [3.05, 3.63) is 18.2 Å². The van der Waals surface area contributed by atoms with Gasteiger partial charge in [0.05, 0.1) is 27.4 Å². The maximum absolute atomic E-state index is 11.2. The maximum atomic E-state index is 11.2. The molecule has 0 saturated carbocycles. The first-order valence-corrected chi connectivity index (χ1v) is 4.91. The molecule has 0 aliphatic carbocycles. The van der Waals surface area contributed by atoms with Gasteiger partial charge in [-0.3, -0.25) is 5.32 Å². The summed E-state index contributed by atoms with van der Waals surface area (Å²) in [5, 5.41) is 2.32. The number of hydrogen-bond acceptors (Lipinski definition) is 4. The molecule has 2 rings (SSSR count). The molecule has 18 heavy (non-hydrogen) atoms. The van der Waals surface area contributed by atoms with Crippen LogP contribution in [0.2, 0.25) is 0 Å². The smallest absolute Gasteiger partial charge is 0.413 e. The van der Waals surface area contributed by atoms with Crippen molar-refractivity contribution in [1.82, 2.24) is 9.97 Å². The van der Waals surface area contributed by atoms with Gasteiger partial charge in [-0.1, -0.05) is 6.85 Å². The predicted molar refractivity (Wildman–Crippen MR) is 67.9 cm³/mol. The number of anilines is 1. The second kappa shape index (κ2) is 5.39. The van der Waals surface area contributed by atoms with Crippen LogP contribution in [-0.2, 0) is 4.74 Å². The van der Waals surface area contributed by atoms with Gasteiger partial charge in [0, 0.05) is 12.9 Å². The van der Waals surface area contributed by atoms with Gasteiger partial charge in [0.2, 0.25) is 5.95 Å². The van der Waals surface area contributed by atoms with E-state index in [1.54, 1.807) is 0 Å². The predicted octanol–water partition coefficient (Wildman–Crippen LogP) is 2.53. The van der Waals surface area contributed by atoms with Crippen LogP contribution in [0.1, 0.15) is 22.8 Å². The van der Waals surface area contributed by atoms with Gasteiger partial charge < -0.3 is 14.5 Å². The maximum Gasteiger partial charge on any atom is 0.413 e. The highest BCUT2D eigenvalue weighted by atomic mass is 16.5. The molecule has 0 radical (unpaired) electrons. The molecule has 2 N–H and O–H groups in total. The Morgan fingerprint density at radius 2 is 2.56 bits per heavy atom. The van der Waals surface area contributed by atoms with Crippen molar-refractivity contribution in [2.45, 2.75) is 13.2 Å². The average molecular weight is 256 g/mol. The van der Waals surface area contributed by atoms with Crippen LogP contribution in [0.25, 0.3) is 11.0 Å². The number of aromatic nitrogens is 2. The zero-order valence-electron chi connectivity index (χ0n) is 16.4. The van der Waals surface area contributed by atoms with Crippen molar-refractivity contribution in [2.24, 2.45) is 0 Å². The fraction of sp³-hybridized carbons (Fsp3) is 0.333. The highest BCUT2D eigenvalue weighted by Crippen LogP contribution is 2.20. The molecule has 0 aliphatic rings. The zero-order valence-corrected chi connectivity index (χ0v) is 9.40. The van der Waals surface area contributed by atoms with Crippen molar-refractivity contribution in [1.29, 1.82) is 0 Å². The van der Waals surface area contributed by atoms with E-state index >= 15 is 0 Å². The van der Waals surface area contributed by atoms with E-state index in [0.29, 0.717) is 11.0 Å². The van der Waals surface area contributed by atoms with Crippen molar-refractivity contribution >= 4 is 23.1 Å². The Morgan fingerprint density at radius 1 is 1.67 bits per heavy atom. The molecule has 0 unspecified atom stereocenters. The number of nitrogens with zero attached hydrogens (tertiary/aromatic N) is 1. The molecule has 0 aliphatic heterocycles.